The summed E-state index contributed by atoms with van der Waals surface area (Å²) in [5, 5.41) is 1.05. The smallest absolute Gasteiger partial charge is 0.299 e. The Balaban J connectivity index is 1.45. The van der Waals surface area contributed by atoms with Gasteiger partial charge < -0.3 is 9.88 Å². The van der Waals surface area contributed by atoms with Crippen LogP contribution in [0, 0.1) is 0 Å². The summed E-state index contributed by atoms with van der Waals surface area (Å²) >= 11 is 0. The number of hydrogen-bond acceptors (Lipinski definition) is 4. The summed E-state index contributed by atoms with van der Waals surface area (Å²) < 4.78 is 30.1. The Morgan fingerprint density at radius 1 is 1.03 bits per heavy atom. The molecule has 1 aromatic heterocycles. The second-order valence-electron chi connectivity index (χ2n) is 7.57. The van der Waals surface area contributed by atoms with Crippen molar-refractivity contribution in [3.63, 3.8) is 0 Å². The minimum atomic E-state index is -3.66. The molecule has 3 aromatic rings. The van der Waals surface area contributed by atoms with Gasteiger partial charge in [0.15, 0.2) is 0 Å². The number of aromatic amines is 1. The highest BCUT2D eigenvalue weighted by Gasteiger charge is 2.16. The van der Waals surface area contributed by atoms with E-state index >= 15 is 0 Å². The largest absolute Gasteiger partial charge is 0.361 e. The number of benzene rings is 2. The first-order valence-corrected chi connectivity index (χ1v) is 11.3. The number of nitrogens with zero attached hydrogens (tertiary/aromatic N) is 2. The topological polar surface area (TPSA) is 80.5 Å². The van der Waals surface area contributed by atoms with Gasteiger partial charge in [-0.2, -0.15) is 13.1 Å². The van der Waals surface area contributed by atoms with Gasteiger partial charge in [-0.25, -0.2) is 0 Å². The summed E-state index contributed by atoms with van der Waals surface area (Å²) in [6, 6.07) is 15.1. The van der Waals surface area contributed by atoms with Gasteiger partial charge in [0, 0.05) is 56.4 Å². The maximum absolute atomic E-state index is 12.4. The van der Waals surface area contributed by atoms with Gasteiger partial charge in [-0.3, -0.25) is 9.62 Å². The molecule has 1 aliphatic rings. The van der Waals surface area contributed by atoms with Gasteiger partial charge in [0.2, 0.25) is 0 Å². The molecule has 0 atom stereocenters. The SMILES string of the molecule is CN1CCN(Cc2c[nH]c3ccc(NS(=O)(=O)NCc4ccccc4)cc23)CC1. The zero-order chi connectivity index (χ0) is 20.3. The molecule has 0 bridgehead atoms. The lowest BCUT2D eigenvalue weighted by molar-refractivity contribution is 0.148. The normalized spacial score (nSPS) is 16.3. The van der Waals surface area contributed by atoms with Gasteiger partial charge in [0.25, 0.3) is 10.2 Å². The van der Waals surface area contributed by atoms with Crippen molar-refractivity contribution in [1.29, 1.82) is 0 Å². The third-order valence-electron chi connectivity index (χ3n) is 5.32. The first-order chi connectivity index (χ1) is 14.0. The zero-order valence-electron chi connectivity index (χ0n) is 16.6. The molecule has 0 radical (unpaired) electrons. The van der Waals surface area contributed by atoms with E-state index in [1.807, 2.05) is 48.7 Å². The van der Waals surface area contributed by atoms with Crippen molar-refractivity contribution in [3.05, 3.63) is 65.9 Å². The van der Waals surface area contributed by atoms with Gasteiger partial charge in [0.1, 0.15) is 0 Å². The molecule has 1 aliphatic heterocycles. The van der Waals surface area contributed by atoms with Crippen molar-refractivity contribution < 1.29 is 8.42 Å². The number of anilines is 1. The molecule has 1 saturated heterocycles. The van der Waals surface area contributed by atoms with Crippen molar-refractivity contribution in [2.45, 2.75) is 13.1 Å². The van der Waals surface area contributed by atoms with Crippen LogP contribution in [0.3, 0.4) is 0 Å². The highest BCUT2D eigenvalue weighted by molar-refractivity contribution is 7.90. The predicted octanol–water partition coefficient (Wildman–Crippen LogP) is 2.36. The molecule has 2 aromatic carbocycles. The van der Waals surface area contributed by atoms with Crippen LogP contribution < -0.4 is 9.44 Å². The molecular formula is C21H27N5O2S. The lowest BCUT2D eigenvalue weighted by Gasteiger charge is -2.32. The summed E-state index contributed by atoms with van der Waals surface area (Å²) in [5.74, 6) is 0. The van der Waals surface area contributed by atoms with Crippen LogP contribution in [0.15, 0.2) is 54.7 Å². The second-order valence-corrected chi connectivity index (χ2v) is 9.07. The molecule has 1 fully saturated rings. The number of H-pyrrole nitrogens is 1. The lowest BCUT2D eigenvalue weighted by atomic mass is 10.1. The molecule has 154 valence electrons. The van der Waals surface area contributed by atoms with Crippen LogP contribution in [0.5, 0.6) is 0 Å². The van der Waals surface area contributed by atoms with Gasteiger partial charge in [-0.1, -0.05) is 30.3 Å². The highest BCUT2D eigenvalue weighted by Crippen LogP contribution is 2.24. The summed E-state index contributed by atoms with van der Waals surface area (Å²) in [6.45, 7) is 5.33. The molecule has 0 unspecified atom stereocenters. The molecule has 29 heavy (non-hydrogen) atoms. The molecule has 0 spiro atoms. The first-order valence-electron chi connectivity index (χ1n) is 9.81. The standard InChI is InChI=1S/C21H27N5O2S/c1-25-9-11-26(12-10-25)16-18-15-22-21-8-7-19(13-20(18)21)24-29(27,28)23-14-17-5-3-2-4-6-17/h2-8,13,15,22-24H,9-12,14,16H2,1H3. The van der Waals surface area contributed by atoms with E-state index in [2.05, 4.69) is 31.3 Å². The lowest BCUT2D eigenvalue weighted by Crippen LogP contribution is -2.43. The predicted molar refractivity (Wildman–Crippen MR) is 117 cm³/mol. The number of rotatable bonds is 7. The molecule has 2 heterocycles. The van der Waals surface area contributed by atoms with Crippen LogP contribution in [0.4, 0.5) is 5.69 Å². The van der Waals surface area contributed by atoms with Crippen LogP contribution in [-0.2, 0) is 23.3 Å². The van der Waals surface area contributed by atoms with Crippen LogP contribution in [-0.4, -0.2) is 56.4 Å². The Bertz CT molecular complexity index is 1060. The summed E-state index contributed by atoms with van der Waals surface area (Å²) in [6.07, 6.45) is 2.02. The van der Waals surface area contributed by atoms with E-state index in [4.69, 9.17) is 0 Å². The molecule has 7 nitrogen and oxygen atoms in total. The number of piperazine rings is 1. The van der Waals surface area contributed by atoms with Crippen molar-refractivity contribution in [2.75, 3.05) is 37.9 Å². The van der Waals surface area contributed by atoms with E-state index in [9.17, 15) is 8.42 Å². The number of fused-ring (bicyclic) bond motifs is 1. The van der Waals surface area contributed by atoms with E-state index in [1.165, 1.54) is 5.56 Å². The van der Waals surface area contributed by atoms with E-state index in [0.29, 0.717) is 5.69 Å². The van der Waals surface area contributed by atoms with Crippen LogP contribution in [0.1, 0.15) is 11.1 Å². The molecule has 8 heteroatoms. The second kappa shape index (κ2) is 8.54. The van der Waals surface area contributed by atoms with Crippen LogP contribution >= 0.6 is 0 Å². The fourth-order valence-electron chi connectivity index (χ4n) is 3.59. The Kier molecular flexibility index (Phi) is 5.86. The maximum atomic E-state index is 12.4. The Morgan fingerprint density at radius 2 is 1.79 bits per heavy atom. The maximum Gasteiger partial charge on any atom is 0.299 e. The number of nitrogens with one attached hydrogen (secondary N) is 3. The quantitative estimate of drug-likeness (QED) is 0.556. The molecule has 4 rings (SSSR count). The van der Waals surface area contributed by atoms with Crippen LogP contribution in [0.2, 0.25) is 0 Å². The molecule has 0 amide bonds. The van der Waals surface area contributed by atoms with Crippen molar-refractivity contribution in [2.24, 2.45) is 0 Å². The third kappa shape index (κ3) is 5.16. The first kappa shape index (κ1) is 19.9. The Labute approximate surface area is 171 Å². The summed E-state index contributed by atoms with van der Waals surface area (Å²) in [5.41, 5.74) is 3.66. The number of aromatic nitrogens is 1. The van der Waals surface area contributed by atoms with E-state index in [0.717, 1.165) is 49.2 Å². The fraction of sp³-hybridized carbons (Fsp3) is 0.333. The summed E-state index contributed by atoms with van der Waals surface area (Å²) in [7, 11) is -1.51. The zero-order valence-corrected chi connectivity index (χ0v) is 17.4. The van der Waals surface area contributed by atoms with E-state index in [1.54, 1.807) is 6.07 Å². The monoisotopic (exact) mass is 413 g/mol. The van der Waals surface area contributed by atoms with E-state index < -0.39 is 10.2 Å². The average Bonchev–Trinajstić information content (AvgIpc) is 3.11. The Morgan fingerprint density at radius 3 is 2.55 bits per heavy atom. The number of hydrogen-bond donors (Lipinski definition) is 3. The van der Waals surface area contributed by atoms with Gasteiger partial charge in [0.05, 0.1) is 5.69 Å². The summed E-state index contributed by atoms with van der Waals surface area (Å²) in [4.78, 5) is 8.06. The average molecular weight is 414 g/mol. The molecular weight excluding hydrogens is 386 g/mol. The molecule has 0 aliphatic carbocycles. The number of likely N-dealkylation sites (N-methyl/N-ethyl adjacent to an activating group) is 1. The van der Waals surface area contributed by atoms with Crippen molar-refractivity contribution in [1.82, 2.24) is 19.5 Å². The highest BCUT2D eigenvalue weighted by atomic mass is 32.2. The van der Waals surface area contributed by atoms with E-state index in [-0.39, 0.29) is 6.54 Å². The molecule has 3 N–H and O–H groups in total. The molecule has 0 saturated carbocycles. The Hall–Kier alpha value is -2.39. The fourth-order valence-corrected chi connectivity index (χ4v) is 4.45. The minimum Gasteiger partial charge on any atom is -0.361 e. The van der Waals surface area contributed by atoms with Crippen molar-refractivity contribution in [3.8, 4) is 0 Å². The van der Waals surface area contributed by atoms with Gasteiger partial charge >= 0.3 is 0 Å². The van der Waals surface area contributed by atoms with Gasteiger partial charge in [-0.15, -0.1) is 0 Å². The van der Waals surface area contributed by atoms with Crippen LogP contribution in [0.25, 0.3) is 10.9 Å². The van der Waals surface area contributed by atoms with Crippen molar-refractivity contribution >= 4 is 26.8 Å². The minimum absolute atomic E-state index is 0.247. The third-order valence-corrected chi connectivity index (χ3v) is 6.35. The van der Waals surface area contributed by atoms with Gasteiger partial charge in [-0.05, 0) is 36.4 Å².